The van der Waals surface area contributed by atoms with E-state index in [1.54, 1.807) is 5.57 Å². The maximum atomic E-state index is 2.62. The van der Waals surface area contributed by atoms with Gasteiger partial charge in [0, 0.05) is 0 Å². The number of rotatable bonds is 0. The Kier molecular flexibility index (Phi) is 2.73. The molecule has 4 atom stereocenters. The van der Waals surface area contributed by atoms with Crippen LogP contribution in [0.15, 0.2) is 22.8 Å². The summed E-state index contributed by atoms with van der Waals surface area (Å²) in [6, 6.07) is 0. The maximum absolute atomic E-state index is 2.62. The highest BCUT2D eigenvalue weighted by molar-refractivity contribution is 5.29. The zero-order chi connectivity index (χ0) is 13.0. The van der Waals surface area contributed by atoms with Crippen molar-refractivity contribution in [2.75, 3.05) is 0 Å². The van der Waals surface area contributed by atoms with Gasteiger partial charge in [0.1, 0.15) is 0 Å². The monoisotopic (exact) mass is 256 g/mol. The summed E-state index contributed by atoms with van der Waals surface area (Å²) < 4.78 is 0. The molecular weight excluding hydrogens is 228 g/mol. The maximum Gasteiger partial charge on any atom is -0.00851 e. The average Bonchev–Trinajstić information content (AvgIpc) is 2.80. The van der Waals surface area contributed by atoms with Crippen molar-refractivity contribution in [2.24, 2.45) is 23.2 Å². The molecule has 3 unspecified atom stereocenters. The van der Waals surface area contributed by atoms with Gasteiger partial charge in [-0.25, -0.2) is 0 Å². The molecule has 2 saturated carbocycles. The molecule has 0 bridgehead atoms. The normalized spacial score (nSPS) is 45.4. The lowest BCUT2D eigenvalue weighted by Crippen LogP contribution is -2.45. The van der Waals surface area contributed by atoms with Gasteiger partial charge in [0.05, 0.1) is 0 Å². The Morgan fingerprint density at radius 1 is 1.11 bits per heavy atom. The molecule has 19 heavy (non-hydrogen) atoms. The van der Waals surface area contributed by atoms with Gasteiger partial charge in [-0.05, 0) is 87.9 Å². The number of fused-ring (bicyclic) bond motifs is 5. The molecular formula is C19H28. The molecule has 0 heteroatoms. The van der Waals surface area contributed by atoms with Gasteiger partial charge >= 0.3 is 0 Å². The molecule has 0 N–H and O–H groups in total. The minimum atomic E-state index is 0.586. The highest BCUT2D eigenvalue weighted by atomic mass is 14.5. The number of hydrogen-bond donors (Lipinski definition) is 0. The van der Waals surface area contributed by atoms with E-state index in [2.05, 4.69) is 19.9 Å². The molecule has 0 aromatic rings. The van der Waals surface area contributed by atoms with Gasteiger partial charge in [0.15, 0.2) is 0 Å². The second kappa shape index (κ2) is 4.24. The van der Waals surface area contributed by atoms with E-state index in [4.69, 9.17) is 0 Å². The van der Waals surface area contributed by atoms with E-state index in [9.17, 15) is 0 Å². The Morgan fingerprint density at radius 2 is 2.00 bits per heavy atom. The van der Waals surface area contributed by atoms with Crippen LogP contribution in [0.25, 0.3) is 0 Å². The van der Waals surface area contributed by atoms with Crippen molar-refractivity contribution in [1.82, 2.24) is 0 Å². The van der Waals surface area contributed by atoms with Gasteiger partial charge in [-0.2, -0.15) is 0 Å². The van der Waals surface area contributed by atoms with Crippen LogP contribution in [0.5, 0.6) is 0 Å². The van der Waals surface area contributed by atoms with Crippen LogP contribution in [0.3, 0.4) is 0 Å². The van der Waals surface area contributed by atoms with Crippen molar-refractivity contribution >= 4 is 0 Å². The van der Waals surface area contributed by atoms with E-state index in [1.807, 2.05) is 11.1 Å². The zero-order valence-electron chi connectivity index (χ0n) is 12.7. The summed E-state index contributed by atoms with van der Waals surface area (Å²) >= 11 is 0. The highest BCUT2D eigenvalue weighted by Crippen LogP contribution is 2.61. The Balaban J connectivity index is 1.69. The largest absolute Gasteiger partial charge is 0.0848 e. The number of allylic oxidation sites excluding steroid dienone is 4. The van der Waals surface area contributed by atoms with Crippen LogP contribution < -0.4 is 0 Å². The molecule has 0 nitrogen and oxygen atoms in total. The van der Waals surface area contributed by atoms with Crippen LogP contribution >= 0.6 is 0 Å². The van der Waals surface area contributed by atoms with Crippen molar-refractivity contribution < 1.29 is 0 Å². The van der Waals surface area contributed by atoms with Gasteiger partial charge in [-0.3, -0.25) is 0 Å². The smallest absolute Gasteiger partial charge is 0.00851 e. The minimum Gasteiger partial charge on any atom is -0.0848 e. The van der Waals surface area contributed by atoms with E-state index in [0.29, 0.717) is 5.41 Å². The molecule has 2 fully saturated rings. The van der Waals surface area contributed by atoms with Crippen LogP contribution in [0.1, 0.15) is 71.6 Å². The molecule has 0 aromatic heterocycles. The highest BCUT2D eigenvalue weighted by Gasteiger charge is 2.50. The Hall–Kier alpha value is -0.520. The van der Waals surface area contributed by atoms with E-state index in [-0.39, 0.29) is 0 Å². The Bertz CT molecular complexity index is 453. The molecule has 104 valence electrons. The zero-order valence-corrected chi connectivity index (χ0v) is 12.7. The summed E-state index contributed by atoms with van der Waals surface area (Å²) in [4.78, 5) is 0. The standard InChI is InChI=1S/C19H28/c1-13-6-8-16-15(13)10-11-18-17(16)9-7-14-5-3-4-12-19(14,18)2/h5,16-18H,3-4,6-12H2,1-2H3/t16?,17?,18?,19-/m0/s1. The summed E-state index contributed by atoms with van der Waals surface area (Å²) in [5, 5.41) is 0. The summed E-state index contributed by atoms with van der Waals surface area (Å²) in [5.41, 5.74) is 6.09. The minimum absolute atomic E-state index is 0.586. The Morgan fingerprint density at radius 3 is 2.89 bits per heavy atom. The van der Waals surface area contributed by atoms with Crippen molar-refractivity contribution in [2.45, 2.75) is 71.6 Å². The lowest BCUT2D eigenvalue weighted by molar-refractivity contribution is 0.0428. The quantitative estimate of drug-likeness (QED) is 0.491. The SMILES string of the molecule is CC1=C2CCC3C(CCC4=CCCC[C@@]43C)C2CC1. The topological polar surface area (TPSA) is 0 Å². The average molecular weight is 256 g/mol. The van der Waals surface area contributed by atoms with Gasteiger partial charge < -0.3 is 0 Å². The lowest BCUT2D eigenvalue weighted by Gasteiger charge is -2.54. The molecule has 0 aromatic carbocycles. The first-order chi connectivity index (χ1) is 9.20. The third-order valence-electron chi connectivity index (χ3n) is 7.17. The van der Waals surface area contributed by atoms with Crippen molar-refractivity contribution in [3.63, 3.8) is 0 Å². The van der Waals surface area contributed by atoms with Crippen molar-refractivity contribution in [3.05, 3.63) is 22.8 Å². The van der Waals surface area contributed by atoms with Crippen LogP contribution in [0.4, 0.5) is 0 Å². The summed E-state index contributed by atoms with van der Waals surface area (Å²) in [5.74, 6) is 3.02. The second-order valence-electron chi connectivity index (χ2n) is 7.84. The molecule has 0 aliphatic heterocycles. The van der Waals surface area contributed by atoms with Crippen molar-refractivity contribution in [3.8, 4) is 0 Å². The predicted molar refractivity (Wildman–Crippen MR) is 80.9 cm³/mol. The van der Waals surface area contributed by atoms with E-state index >= 15 is 0 Å². The molecule has 4 aliphatic rings. The third kappa shape index (κ3) is 1.64. The first kappa shape index (κ1) is 12.2. The fourth-order valence-electron chi connectivity index (χ4n) is 6.17. The molecule has 4 aliphatic carbocycles. The first-order valence-corrected chi connectivity index (χ1v) is 8.58. The molecule has 0 amide bonds. The van der Waals surface area contributed by atoms with E-state index in [0.717, 1.165) is 17.8 Å². The molecule has 4 rings (SSSR count). The molecule has 0 radical (unpaired) electrons. The van der Waals surface area contributed by atoms with Crippen LogP contribution in [0.2, 0.25) is 0 Å². The summed E-state index contributed by atoms with van der Waals surface area (Å²) in [7, 11) is 0. The van der Waals surface area contributed by atoms with Gasteiger partial charge in [0.2, 0.25) is 0 Å². The molecule has 0 saturated heterocycles. The predicted octanol–water partition coefficient (Wildman–Crippen LogP) is 5.65. The Labute approximate surface area is 118 Å². The van der Waals surface area contributed by atoms with Gasteiger partial charge in [0.25, 0.3) is 0 Å². The molecule has 0 spiro atoms. The third-order valence-corrected chi connectivity index (χ3v) is 7.17. The fraction of sp³-hybridized carbons (Fsp3) is 0.789. The van der Waals surface area contributed by atoms with Gasteiger partial charge in [-0.15, -0.1) is 0 Å². The second-order valence-corrected chi connectivity index (χ2v) is 7.84. The van der Waals surface area contributed by atoms with E-state index < -0.39 is 0 Å². The first-order valence-electron chi connectivity index (χ1n) is 8.58. The number of hydrogen-bond acceptors (Lipinski definition) is 0. The van der Waals surface area contributed by atoms with Crippen LogP contribution in [0, 0.1) is 23.2 Å². The van der Waals surface area contributed by atoms with Crippen molar-refractivity contribution in [1.29, 1.82) is 0 Å². The summed E-state index contributed by atoms with van der Waals surface area (Å²) in [6.07, 6.45) is 15.6. The van der Waals surface area contributed by atoms with Crippen LogP contribution in [-0.4, -0.2) is 0 Å². The molecule has 0 heterocycles. The van der Waals surface area contributed by atoms with Crippen LogP contribution in [-0.2, 0) is 0 Å². The fourth-order valence-corrected chi connectivity index (χ4v) is 6.17. The lowest BCUT2D eigenvalue weighted by atomic mass is 9.50. The van der Waals surface area contributed by atoms with Gasteiger partial charge in [-0.1, -0.05) is 29.7 Å². The van der Waals surface area contributed by atoms with E-state index in [1.165, 1.54) is 57.8 Å². The summed E-state index contributed by atoms with van der Waals surface area (Å²) in [6.45, 7) is 5.03.